The number of para-hydroxylation sites is 1. The summed E-state index contributed by atoms with van der Waals surface area (Å²) in [6.45, 7) is 4.26. The number of benzene rings is 1. The molecule has 2 aromatic heterocycles. The average Bonchev–Trinajstić information content (AvgIpc) is 3.26. The van der Waals surface area contributed by atoms with Crippen molar-refractivity contribution in [3.63, 3.8) is 0 Å². The molecule has 0 radical (unpaired) electrons. The fraction of sp³-hybridized carbons (Fsp3) is 0.389. The number of likely N-dealkylation sites (tertiary alicyclic amines) is 1. The van der Waals surface area contributed by atoms with Crippen LogP contribution in [0.2, 0.25) is 0 Å². The molecule has 0 spiro atoms. The Bertz CT molecular complexity index is 929. The first kappa shape index (κ1) is 15.8. The van der Waals surface area contributed by atoms with E-state index in [1.807, 2.05) is 35.9 Å². The normalized spacial score (nSPS) is 20.5. The largest absolute Gasteiger partial charge is 0.391 e. The molecule has 7 heteroatoms. The Kier molecular flexibility index (Phi) is 3.80. The lowest BCUT2D eigenvalue weighted by molar-refractivity contribution is -0.133. The zero-order valence-corrected chi connectivity index (χ0v) is 14.2. The third kappa shape index (κ3) is 2.80. The van der Waals surface area contributed by atoms with E-state index in [2.05, 4.69) is 16.2 Å². The van der Waals surface area contributed by atoms with Crippen LogP contribution in [0.4, 0.5) is 0 Å². The van der Waals surface area contributed by atoms with Gasteiger partial charge < -0.3 is 19.1 Å². The summed E-state index contributed by atoms with van der Waals surface area (Å²) in [5.41, 5.74) is 2.16. The van der Waals surface area contributed by atoms with Crippen LogP contribution in [0.3, 0.4) is 0 Å². The van der Waals surface area contributed by atoms with Gasteiger partial charge in [-0.3, -0.25) is 4.79 Å². The molecule has 3 heterocycles. The molecule has 4 rings (SSSR count). The molecular formula is C18H20N4O3. The molecule has 3 aromatic rings. The first-order valence-corrected chi connectivity index (χ1v) is 8.35. The lowest BCUT2D eigenvalue weighted by atomic mass is 10.2. The average molecular weight is 340 g/mol. The third-order valence-electron chi connectivity index (χ3n) is 4.72. The predicted molar refractivity (Wildman–Crippen MR) is 90.8 cm³/mol. The van der Waals surface area contributed by atoms with E-state index in [1.165, 1.54) is 0 Å². The summed E-state index contributed by atoms with van der Waals surface area (Å²) in [6, 6.07) is 7.65. The molecule has 0 bridgehead atoms. The number of amides is 1. The van der Waals surface area contributed by atoms with Gasteiger partial charge in [0.05, 0.1) is 6.10 Å². The van der Waals surface area contributed by atoms with Gasteiger partial charge in [-0.1, -0.05) is 23.4 Å². The van der Waals surface area contributed by atoms with Crippen LogP contribution in [0, 0.1) is 13.8 Å². The van der Waals surface area contributed by atoms with E-state index in [-0.39, 0.29) is 25.0 Å². The van der Waals surface area contributed by atoms with Crippen LogP contribution >= 0.6 is 0 Å². The van der Waals surface area contributed by atoms with Crippen LogP contribution in [-0.2, 0) is 11.3 Å². The SMILES string of the molecule is Cc1noc([C@H]2C[C@H](O)CN2C(=O)Cn2cc(C)c3ccccc32)n1. The molecule has 7 nitrogen and oxygen atoms in total. The van der Waals surface area contributed by atoms with Crippen LogP contribution in [0.15, 0.2) is 35.0 Å². The van der Waals surface area contributed by atoms with E-state index in [1.54, 1.807) is 11.8 Å². The molecule has 0 unspecified atom stereocenters. The molecule has 0 aliphatic carbocycles. The minimum absolute atomic E-state index is 0.0712. The molecule has 1 fully saturated rings. The maximum atomic E-state index is 12.9. The number of hydrogen-bond acceptors (Lipinski definition) is 5. The molecule has 1 amide bonds. The van der Waals surface area contributed by atoms with Gasteiger partial charge in [-0.15, -0.1) is 0 Å². The maximum Gasteiger partial charge on any atom is 0.249 e. The molecule has 0 saturated carbocycles. The predicted octanol–water partition coefficient (Wildman–Crippen LogP) is 1.98. The fourth-order valence-electron chi connectivity index (χ4n) is 3.57. The van der Waals surface area contributed by atoms with E-state index in [0.29, 0.717) is 18.1 Å². The highest BCUT2D eigenvalue weighted by Crippen LogP contribution is 2.32. The number of aryl methyl sites for hydroxylation is 2. The van der Waals surface area contributed by atoms with Gasteiger partial charge in [0.15, 0.2) is 5.82 Å². The van der Waals surface area contributed by atoms with Crippen molar-refractivity contribution in [2.24, 2.45) is 0 Å². The van der Waals surface area contributed by atoms with E-state index in [9.17, 15) is 9.90 Å². The lowest BCUT2D eigenvalue weighted by Gasteiger charge is -2.22. The number of carbonyl (C=O) groups is 1. The minimum atomic E-state index is -0.579. The lowest BCUT2D eigenvalue weighted by Crippen LogP contribution is -2.34. The quantitative estimate of drug-likeness (QED) is 0.788. The molecule has 25 heavy (non-hydrogen) atoms. The van der Waals surface area contributed by atoms with Crippen molar-refractivity contribution in [1.29, 1.82) is 0 Å². The second kappa shape index (κ2) is 6.00. The summed E-state index contributed by atoms with van der Waals surface area (Å²) in [5, 5.41) is 15.0. The molecule has 2 atom stereocenters. The number of carbonyl (C=O) groups excluding carboxylic acids is 1. The van der Waals surface area contributed by atoms with Crippen molar-refractivity contribution >= 4 is 16.8 Å². The molecule has 1 aromatic carbocycles. The van der Waals surface area contributed by atoms with Crippen LogP contribution < -0.4 is 0 Å². The molecular weight excluding hydrogens is 320 g/mol. The van der Waals surface area contributed by atoms with Gasteiger partial charge >= 0.3 is 0 Å². The molecule has 1 aliphatic rings. The Morgan fingerprint density at radius 2 is 2.16 bits per heavy atom. The highest BCUT2D eigenvalue weighted by atomic mass is 16.5. The van der Waals surface area contributed by atoms with Gasteiger partial charge in [0, 0.05) is 30.1 Å². The van der Waals surface area contributed by atoms with Crippen molar-refractivity contribution in [2.45, 2.75) is 39.0 Å². The maximum absolute atomic E-state index is 12.9. The number of rotatable bonds is 3. The third-order valence-corrected chi connectivity index (χ3v) is 4.72. The number of aromatic nitrogens is 3. The van der Waals surface area contributed by atoms with Gasteiger partial charge in [0.25, 0.3) is 0 Å². The van der Waals surface area contributed by atoms with Gasteiger partial charge in [0.1, 0.15) is 12.6 Å². The second-order valence-electron chi connectivity index (χ2n) is 6.59. The van der Waals surface area contributed by atoms with Crippen molar-refractivity contribution in [2.75, 3.05) is 6.54 Å². The van der Waals surface area contributed by atoms with Crippen molar-refractivity contribution in [1.82, 2.24) is 19.6 Å². The zero-order valence-electron chi connectivity index (χ0n) is 14.2. The highest BCUT2D eigenvalue weighted by molar-refractivity contribution is 5.86. The van der Waals surface area contributed by atoms with Gasteiger partial charge in [-0.05, 0) is 25.5 Å². The first-order chi connectivity index (χ1) is 12.0. The monoisotopic (exact) mass is 340 g/mol. The van der Waals surface area contributed by atoms with E-state index in [4.69, 9.17) is 4.52 Å². The van der Waals surface area contributed by atoms with Gasteiger partial charge in [0.2, 0.25) is 11.8 Å². The van der Waals surface area contributed by atoms with Gasteiger partial charge in [-0.2, -0.15) is 4.98 Å². The summed E-state index contributed by atoms with van der Waals surface area (Å²) < 4.78 is 7.18. The summed E-state index contributed by atoms with van der Waals surface area (Å²) in [5.74, 6) is 0.838. The van der Waals surface area contributed by atoms with Crippen LogP contribution in [0.25, 0.3) is 10.9 Å². The van der Waals surface area contributed by atoms with Crippen molar-refractivity contribution in [3.05, 3.63) is 47.7 Å². The fourth-order valence-corrected chi connectivity index (χ4v) is 3.57. The number of aliphatic hydroxyl groups is 1. The van der Waals surface area contributed by atoms with Crippen LogP contribution in [0.5, 0.6) is 0 Å². The minimum Gasteiger partial charge on any atom is -0.391 e. The summed E-state index contributed by atoms with van der Waals surface area (Å²) >= 11 is 0. The number of fused-ring (bicyclic) bond motifs is 1. The molecule has 130 valence electrons. The second-order valence-corrected chi connectivity index (χ2v) is 6.59. The number of aliphatic hydroxyl groups excluding tert-OH is 1. The topological polar surface area (TPSA) is 84.4 Å². The Labute approximate surface area is 144 Å². The molecule has 1 N–H and O–H groups in total. The van der Waals surface area contributed by atoms with Crippen molar-refractivity contribution < 1.29 is 14.4 Å². The molecule has 1 aliphatic heterocycles. The Morgan fingerprint density at radius 1 is 1.36 bits per heavy atom. The van der Waals surface area contributed by atoms with E-state index in [0.717, 1.165) is 16.5 Å². The van der Waals surface area contributed by atoms with E-state index < -0.39 is 6.10 Å². The smallest absolute Gasteiger partial charge is 0.249 e. The van der Waals surface area contributed by atoms with Gasteiger partial charge in [-0.25, -0.2) is 0 Å². The first-order valence-electron chi connectivity index (χ1n) is 8.35. The highest BCUT2D eigenvalue weighted by Gasteiger charge is 2.38. The van der Waals surface area contributed by atoms with Crippen LogP contribution in [-0.4, -0.2) is 43.3 Å². The number of nitrogens with zero attached hydrogens (tertiary/aromatic N) is 4. The summed E-state index contributed by atoms with van der Waals surface area (Å²) in [4.78, 5) is 18.8. The summed E-state index contributed by atoms with van der Waals surface area (Å²) in [7, 11) is 0. The zero-order chi connectivity index (χ0) is 17.6. The number of β-amino-alcohol motifs (C(OH)–C–C–N with tert-alkyl or cyclic N) is 1. The Hall–Kier alpha value is -2.67. The van der Waals surface area contributed by atoms with Crippen molar-refractivity contribution in [3.8, 4) is 0 Å². The summed E-state index contributed by atoms with van der Waals surface area (Å²) in [6.07, 6.45) is 1.82. The van der Waals surface area contributed by atoms with E-state index >= 15 is 0 Å². The number of hydrogen-bond donors (Lipinski definition) is 1. The Balaban J connectivity index is 1.61. The molecule has 1 saturated heterocycles. The Morgan fingerprint density at radius 3 is 2.92 bits per heavy atom. The standard InChI is InChI=1S/C18H20N4O3/c1-11-8-21(15-6-4-3-5-14(11)15)10-17(24)22-9-13(23)7-16(22)18-19-12(2)20-25-18/h3-6,8,13,16,23H,7,9-10H2,1-2H3/t13-,16+/m0/s1. The van der Waals surface area contributed by atoms with Crippen LogP contribution in [0.1, 0.15) is 29.7 Å².